The van der Waals surface area contributed by atoms with E-state index < -0.39 is 17.6 Å². The molecule has 4 aromatic rings. The molecule has 0 unspecified atom stereocenters. The number of hydrogen-bond acceptors (Lipinski definition) is 6. The lowest BCUT2D eigenvalue weighted by molar-refractivity contribution is -0.137. The van der Waals surface area contributed by atoms with E-state index in [0.29, 0.717) is 45.8 Å². The van der Waals surface area contributed by atoms with Gasteiger partial charge in [-0.1, -0.05) is 17.3 Å². The Morgan fingerprint density at radius 2 is 1.91 bits per heavy atom. The van der Waals surface area contributed by atoms with Crippen LogP contribution in [0.5, 0.6) is 0 Å². The summed E-state index contributed by atoms with van der Waals surface area (Å²) in [5.74, 6) is 1.62. The van der Waals surface area contributed by atoms with Crippen LogP contribution in [0.1, 0.15) is 51.8 Å². The van der Waals surface area contributed by atoms with E-state index in [1.54, 1.807) is 25.3 Å². The summed E-state index contributed by atoms with van der Waals surface area (Å²) in [6.07, 6.45) is 0.784. The number of nitrogens with zero attached hydrogens (tertiary/aromatic N) is 5. The van der Waals surface area contributed by atoms with Gasteiger partial charge in [0.15, 0.2) is 11.6 Å². The van der Waals surface area contributed by atoms with Gasteiger partial charge in [0.2, 0.25) is 0 Å². The van der Waals surface area contributed by atoms with Crippen molar-refractivity contribution >= 4 is 5.91 Å². The van der Waals surface area contributed by atoms with Crippen molar-refractivity contribution in [3.8, 4) is 17.3 Å². The van der Waals surface area contributed by atoms with Crippen molar-refractivity contribution in [2.75, 3.05) is 0 Å². The van der Waals surface area contributed by atoms with E-state index in [9.17, 15) is 18.0 Å². The SMILES string of the molecule is Cc1c(C(=O)NCc2ccc(C(F)(F)F)cc2)cnn1-c1ccc(-c2nc(C3CC3)no2)cn1. The number of nitrogens with one attached hydrogen (secondary N) is 1. The Hall–Kier alpha value is -4.02. The minimum absolute atomic E-state index is 0.0849. The van der Waals surface area contributed by atoms with Crippen LogP contribution >= 0.6 is 0 Å². The third kappa shape index (κ3) is 4.41. The van der Waals surface area contributed by atoms with Crippen molar-refractivity contribution in [1.82, 2.24) is 30.2 Å². The normalized spacial score (nSPS) is 13.8. The highest BCUT2D eigenvalue weighted by Gasteiger charge is 2.30. The molecular weight excluding hydrogens is 449 g/mol. The maximum absolute atomic E-state index is 12.7. The van der Waals surface area contributed by atoms with E-state index in [1.165, 1.54) is 23.0 Å². The van der Waals surface area contributed by atoms with Gasteiger partial charge in [0.25, 0.3) is 11.8 Å². The Labute approximate surface area is 191 Å². The molecule has 174 valence electrons. The van der Waals surface area contributed by atoms with Crippen molar-refractivity contribution in [3.05, 3.63) is 77.0 Å². The molecule has 1 fully saturated rings. The quantitative estimate of drug-likeness (QED) is 0.449. The molecule has 1 amide bonds. The van der Waals surface area contributed by atoms with Crippen molar-refractivity contribution in [1.29, 1.82) is 0 Å². The lowest BCUT2D eigenvalue weighted by Gasteiger charge is -2.09. The Kier molecular flexibility index (Phi) is 5.39. The Morgan fingerprint density at radius 1 is 1.15 bits per heavy atom. The molecule has 0 atom stereocenters. The molecule has 1 saturated carbocycles. The van der Waals surface area contributed by atoms with E-state index >= 15 is 0 Å². The number of benzene rings is 1. The topological polar surface area (TPSA) is 98.7 Å². The number of pyridine rings is 1. The van der Waals surface area contributed by atoms with Crippen LogP contribution in [0.4, 0.5) is 13.2 Å². The number of rotatable bonds is 6. The summed E-state index contributed by atoms with van der Waals surface area (Å²) in [7, 11) is 0. The fraction of sp³-hybridized carbons (Fsp3) is 0.261. The van der Waals surface area contributed by atoms with E-state index in [-0.39, 0.29) is 6.54 Å². The molecule has 34 heavy (non-hydrogen) atoms. The standard InChI is InChI=1S/C23H19F3N6O2/c1-13-18(21(33)28-10-14-2-7-17(8-3-14)23(24,25)26)12-29-32(13)19-9-6-16(11-27-19)22-30-20(31-34-22)15-4-5-15/h2-3,6-9,11-12,15H,4-5,10H2,1H3,(H,28,33). The Bertz CT molecular complexity index is 1320. The molecule has 0 radical (unpaired) electrons. The fourth-order valence-electron chi connectivity index (χ4n) is 3.45. The van der Waals surface area contributed by atoms with Crippen LogP contribution in [-0.2, 0) is 12.7 Å². The zero-order valence-electron chi connectivity index (χ0n) is 18.0. The van der Waals surface area contributed by atoms with Crippen molar-refractivity contribution in [2.45, 2.75) is 38.4 Å². The lowest BCUT2D eigenvalue weighted by atomic mass is 10.1. The average molecular weight is 468 g/mol. The van der Waals surface area contributed by atoms with Gasteiger partial charge in [0.05, 0.1) is 28.6 Å². The zero-order chi connectivity index (χ0) is 23.9. The summed E-state index contributed by atoms with van der Waals surface area (Å²) in [6.45, 7) is 1.82. The van der Waals surface area contributed by atoms with Crippen LogP contribution in [-0.4, -0.2) is 30.8 Å². The summed E-state index contributed by atoms with van der Waals surface area (Å²) in [6, 6.07) is 8.17. The number of halogens is 3. The zero-order valence-corrected chi connectivity index (χ0v) is 18.0. The van der Waals surface area contributed by atoms with Gasteiger partial charge >= 0.3 is 6.18 Å². The fourth-order valence-corrected chi connectivity index (χ4v) is 3.45. The lowest BCUT2D eigenvalue weighted by Crippen LogP contribution is -2.23. The summed E-state index contributed by atoms with van der Waals surface area (Å²) >= 11 is 0. The van der Waals surface area contributed by atoms with Gasteiger partial charge in [-0.25, -0.2) is 9.67 Å². The molecule has 0 saturated heterocycles. The Balaban J connectivity index is 1.25. The molecule has 0 bridgehead atoms. The maximum atomic E-state index is 12.7. The van der Waals surface area contributed by atoms with Crippen LogP contribution in [0.25, 0.3) is 17.3 Å². The molecule has 1 aliphatic rings. The molecule has 1 N–H and O–H groups in total. The molecule has 0 spiro atoms. The second-order valence-corrected chi connectivity index (χ2v) is 8.07. The van der Waals surface area contributed by atoms with Crippen LogP contribution in [0, 0.1) is 6.92 Å². The minimum Gasteiger partial charge on any atom is -0.348 e. The third-order valence-corrected chi connectivity index (χ3v) is 5.58. The van der Waals surface area contributed by atoms with Gasteiger partial charge in [-0.05, 0) is 49.6 Å². The first-order chi connectivity index (χ1) is 16.3. The molecule has 3 aromatic heterocycles. The van der Waals surface area contributed by atoms with E-state index in [1.807, 2.05) is 0 Å². The molecule has 3 heterocycles. The van der Waals surface area contributed by atoms with Crippen LogP contribution in [0.2, 0.25) is 0 Å². The monoisotopic (exact) mass is 468 g/mol. The first kappa shape index (κ1) is 21.8. The van der Waals surface area contributed by atoms with Gasteiger partial charge in [0.1, 0.15) is 0 Å². The van der Waals surface area contributed by atoms with Gasteiger partial charge in [-0.15, -0.1) is 0 Å². The molecule has 8 nitrogen and oxygen atoms in total. The summed E-state index contributed by atoms with van der Waals surface area (Å²) in [5.41, 5.74) is 1.40. The molecular formula is C23H19F3N6O2. The number of carbonyl (C=O) groups is 1. The average Bonchev–Trinajstić information content (AvgIpc) is 3.43. The predicted octanol–water partition coefficient (Wildman–Crippen LogP) is 4.45. The van der Waals surface area contributed by atoms with Gasteiger partial charge in [-0.2, -0.15) is 23.3 Å². The summed E-state index contributed by atoms with van der Waals surface area (Å²) in [4.78, 5) is 21.4. The minimum atomic E-state index is -4.40. The summed E-state index contributed by atoms with van der Waals surface area (Å²) in [5, 5.41) is 11.0. The molecule has 5 rings (SSSR count). The highest BCUT2D eigenvalue weighted by molar-refractivity contribution is 5.95. The van der Waals surface area contributed by atoms with Crippen LogP contribution < -0.4 is 5.32 Å². The van der Waals surface area contributed by atoms with Crippen molar-refractivity contribution in [3.63, 3.8) is 0 Å². The van der Waals surface area contributed by atoms with E-state index in [0.717, 1.165) is 25.0 Å². The molecule has 11 heteroatoms. The van der Waals surface area contributed by atoms with Crippen molar-refractivity contribution in [2.24, 2.45) is 0 Å². The molecule has 1 aromatic carbocycles. The first-order valence-electron chi connectivity index (χ1n) is 10.6. The number of carbonyl (C=O) groups excluding carboxylic acids is 1. The second kappa shape index (κ2) is 8.40. The molecule has 0 aliphatic heterocycles. The van der Waals surface area contributed by atoms with Gasteiger partial charge in [0, 0.05) is 18.7 Å². The Morgan fingerprint density at radius 3 is 2.56 bits per heavy atom. The largest absolute Gasteiger partial charge is 0.416 e. The predicted molar refractivity (Wildman–Crippen MR) is 114 cm³/mol. The third-order valence-electron chi connectivity index (χ3n) is 5.58. The number of aromatic nitrogens is 5. The van der Waals surface area contributed by atoms with Crippen LogP contribution in [0.3, 0.4) is 0 Å². The van der Waals surface area contributed by atoms with Gasteiger partial charge in [-0.3, -0.25) is 4.79 Å². The highest BCUT2D eigenvalue weighted by atomic mass is 19.4. The smallest absolute Gasteiger partial charge is 0.348 e. The summed E-state index contributed by atoms with van der Waals surface area (Å²) < 4.78 is 44.9. The molecule has 1 aliphatic carbocycles. The van der Waals surface area contributed by atoms with Gasteiger partial charge < -0.3 is 9.84 Å². The maximum Gasteiger partial charge on any atom is 0.416 e. The van der Waals surface area contributed by atoms with E-state index in [4.69, 9.17) is 4.52 Å². The van der Waals surface area contributed by atoms with Crippen LogP contribution in [0.15, 0.2) is 53.3 Å². The van der Waals surface area contributed by atoms with Crippen molar-refractivity contribution < 1.29 is 22.5 Å². The number of alkyl halides is 3. The first-order valence-corrected chi connectivity index (χ1v) is 10.6. The number of amides is 1. The number of hydrogen-bond donors (Lipinski definition) is 1. The highest BCUT2D eigenvalue weighted by Crippen LogP contribution is 2.38. The van der Waals surface area contributed by atoms with E-state index in [2.05, 4.69) is 25.5 Å². The second-order valence-electron chi connectivity index (χ2n) is 8.07.